The maximum Gasteiger partial charge on any atom is 0.310 e. The van der Waals surface area contributed by atoms with Crippen molar-refractivity contribution in [2.45, 2.75) is 161 Å². The van der Waals surface area contributed by atoms with E-state index in [2.05, 4.69) is 34.4 Å². The first kappa shape index (κ1) is 57.6. The number of rotatable bonds is 13. The molecule has 0 aliphatic carbocycles. The van der Waals surface area contributed by atoms with E-state index in [4.69, 9.17) is 4.74 Å². The lowest BCUT2D eigenvalue weighted by atomic mass is 9.88. The van der Waals surface area contributed by atoms with Crippen molar-refractivity contribution in [3.63, 3.8) is 0 Å². The molecule has 1 unspecified atom stereocenters. The second kappa shape index (κ2) is 23.9. The second-order valence-electron chi connectivity index (χ2n) is 22.1. The lowest BCUT2D eigenvalue weighted by Crippen LogP contribution is -2.66. The van der Waals surface area contributed by atoms with E-state index in [1.807, 2.05) is 58.2 Å². The zero-order valence-electron chi connectivity index (χ0n) is 45.1. The minimum atomic E-state index is -1.45. The number of epoxide rings is 1. The molecule has 2 aromatic carbocycles. The van der Waals surface area contributed by atoms with Crippen molar-refractivity contribution in [1.29, 1.82) is 0 Å². The van der Waals surface area contributed by atoms with E-state index < -0.39 is 124 Å². The van der Waals surface area contributed by atoms with Crippen LogP contribution in [0.5, 0.6) is 5.75 Å². The van der Waals surface area contributed by atoms with Gasteiger partial charge < -0.3 is 50.2 Å². The largest absolute Gasteiger partial charge is 0.502 e. The quantitative estimate of drug-likeness (QED) is 0.0686. The Morgan fingerprint density at radius 2 is 1.44 bits per heavy atom. The number of amides is 6. The van der Waals surface area contributed by atoms with Gasteiger partial charge in [0.05, 0.1) is 23.1 Å². The fourth-order valence-corrected chi connectivity index (χ4v) is 10.5. The number of piperidine rings is 1. The van der Waals surface area contributed by atoms with Gasteiger partial charge in [-0.1, -0.05) is 78.0 Å². The summed E-state index contributed by atoms with van der Waals surface area (Å²) in [6.07, 6.45) is 3.08. The predicted octanol–water partition coefficient (Wildman–Crippen LogP) is 4.51. The number of fused-ring (bicyclic) bond motifs is 3. The van der Waals surface area contributed by atoms with E-state index in [9.17, 15) is 49.1 Å². The molecule has 3 aromatic rings. The first-order valence-electron chi connectivity index (χ1n) is 26.0. The van der Waals surface area contributed by atoms with Crippen molar-refractivity contribution < 1.29 is 53.4 Å². The molecule has 3 aliphatic rings. The highest BCUT2D eigenvalue weighted by atomic mass is 16.6. The molecule has 20 nitrogen and oxygen atoms in total. The summed E-state index contributed by atoms with van der Waals surface area (Å²) in [7, 11) is 2.84. The van der Waals surface area contributed by atoms with Crippen molar-refractivity contribution >= 4 is 57.8 Å². The summed E-state index contributed by atoms with van der Waals surface area (Å²) >= 11 is 0. The van der Waals surface area contributed by atoms with Crippen LogP contribution in [0.15, 0.2) is 60.8 Å². The number of phenolic OH excluding ortho intramolecular Hbond substituents is 1. The van der Waals surface area contributed by atoms with E-state index in [1.165, 1.54) is 36.9 Å². The number of para-hydroxylation sites is 1. The predicted molar refractivity (Wildman–Crippen MR) is 280 cm³/mol. The molecule has 10 atom stereocenters. The van der Waals surface area contributed by atoms with Gasteiger partial charge in [-0.05, 0) is 88.0 Å². The van der Waals surface area contributed by atoms with Crippen LogP contribution in [-0.2, 0) is 56.7 Å². The number of aliphatic hydroxyl groups is 1. The summed E-state index contributed by atoms with van der Waals surface area (Å²) in [6, 6.07) is 3.40. The molecule has 4 heterocycles. The molecular weight excluding hydrogens is 965 g/mol. The van der Waals surface area contributed by atoms with Gasteiger partial charge in [-0.15, -0.1) is 0 Å². The molecule has 75 heavy (non-hydrogen) atoms. The van der Waals surface area contributed by atoms with Gasteiger partial charge in [-0.25, -0.2) is 0 Å². The van der Waals surface area contributed by atoms with Crippen molar-refractivity contribution in [3.05, 3.63) is 82.1 Å². The number of ketones is 1. The molecule has 5 N–H and O–H groups in total. The number of aromatic hydroxyl groups is 1. The van der Waals surface area contributed by atoms with E-state index in [0.717, 1.165) is 27.9 Å². The van der Waals surface area contributed by atoms with Gasteiger partial charge in [0.15, 0.2) is 11.5 Å². The summed E-state index contributed by atoms with van der Waals surface area (Å²) < 4.78 is 7.85. The van der Waals surface area contributed by atoms with Gasteiger partial charge in [-0.3, -0.25) is 43.7 Å². The van der Waals surface area contributed by atoms with Crippen LogP contribution in [0.1, 0.15) is 106 Å². The molecule has 408 valence electrons. The van der Waals surface area contributed by atoms with Crippen LogP contribution in [0.3, 0.4) is 0 Å². The molecule has 6 amide bonds. The van der Waals surface area contributed by atoms with Crippen LogP contribution < -0.4 is 16.0 Å². The third-order valence-corrected chi connectivity index (χ3v) is 15.0. The fraction of sp³-hybridized carbons (Fsp3) is 0.582. The fourth-order valence-electron chi connectivity index (χ4n) is 10.5. The lowest BCUT2D eigenvalue weighted by molar-refractivity contribution is -0.385. The SMILES string of the molecule is C/C=C/C[C@@H]1NC(=O)[C@H](CC(C)C)N2C(=O)[C@H](CC(C)[C@H]2O)N(C)C(=O)[C@H](C)CC(=O)[C@H](Cc2ccc(O)c([N+](=O)[O-])c2)NC(=O)[C@H](CC(C)C)N(C)C(=O)[C@H](Cc2cn(C(C)(C)[C@H]3CO3)c3ccccc23)NC1=O. The minimum Gasteiger partial charge on any atom is -0.502 e. The Balaban J connectivity index is 1.51. The number of nitro benzene ring substituents is 1. The minimum absolute atomic E-state index is 0.0186. The van der Waals surface area contributed by atoms with Crippen LogP contribution in [0.25, 0.3) is 10.9 Å². The molecule has 20 heteroatoms. The highest BCUT2D eigenvalue weighted by molar-refractivity contribution is 5.99. The Morgan fingerprint density at radius 1 is 0.827 bits per heavy atom. The summed E-state index contributed by atoms with van der Waals surface area (Å²) in [5.74, 6) is -7.62. The van der Waals surface area contributed by atoms with Crippen molar-refractivity contribution in [2.75, 3.05) is 20.7 Å². The number of benzene rings is 2. The topological polar surface area (TPSA) is 266 Å². The number of allylic oxidation sites excluding steroid dienone is 1. The highest BCUT2D eigenvalue weighted by Crippen LogP contribution is 2.37. The van der Waals surface area contributed by atoms with Gasteiger partial charge >= 0.3 is 5.69 Å². The standard InChI is InChI=1S/C55H76N8O12/c1-12-13-17-37-48(66)58-39(27-35-28-61(55(8,9)47-29-75-47)40-18-15-14-16-36(35)40)53(71)59(10)42(21-30(2)3)49(67)57-38(25-34-19-20-45(64)41(26-34)63(73)74)46(65)24-33(7)51(69)60(11)44-23-32(6)52(70)62(54(44)72)43(22-31(4)5)50(68)56-37/h12-16,18-20,26,28,30-33,37-39,42-44,47,52,64,70H,17,21-25,27,29H2,1-11H3,(H,56,68)(H,57,67)(H,58,66)/b13-12+/t32?,33-,37+,38+,39+,42+,43+,44+,47-,52-/m1/s1. The van der Waals surface area contributed by atoms with Crippen molar-refractivity contribution in [1.82, 2.24) is 35.2 Å². The second-order valence-corrected chi connectivity index (χ2v) is 22.1. The number of hydrogen-bond donors (Lipinski definition) is 5. The maximum absolute atomic E-state index is 15.4. The number of nitrogens with one attached hydrogen (secondary N) is 3. The van der Waals surface area contributed by atoms with Gasteiger partial charge in [0.1, 0.15) is 42.5 Å². The van der Waals surface area contributed by atoms with Gasteiger partial charge in [0.25, 0.3) is 0 Å². The normalized spacial score (nSPS) is 27.2. The number of aliphatic hydroxyl groups excluding tert-OH is 1. The molecule has 6 rings (SSSR count). The number of phenols is 1. The maximum atomic E-state index is 15.4. The van der Waals surface area contributed by atoms with E-state index in [0.29, 0.717) is 12.2 Å². The van der Waals surface area contributed by atoms with Crippen LogP contribution in [0.2, 0.25) is 0 Å². The van der Waals surface area contributed by atoms with Crippen LogP contribution in [-0.4, -0.2) is 145 Å². The smallest absolute Gasteiger partial charge is 0.310 e. The summed E-state index contributed by atoms with van der Waals surface area (Å²) in [6.45, 7) is 17.0. The molecule has 0 radical (unpaired) electrons. The van der Waals surface area contributed by atoms with Gasteiger partial charge in [0.2, 0.25) is 35.4 Å². The van der Waals surface area contributed by atoms with E-state index >= 15 is 4.79 Å². The number of carbonyl (C=O) groups is 7. The molecule has 0 saturated carbocycles. The molecule has 3 aliphatic heterocycles. The first-order valence-corrected chi connectivity index (χ1v) is 26.0. The van der Waals surface area contributed by atoms with E-state index in [1.54, 1.807) is 26.0 Å². The van der Waals surface area contributed by atoms with Crippen molar-refractivity contribution in [2.24, 2.45) is 23.7 Å². The number of ether oxygens (including phenoxy) is 1. The number of nitro groups is 1. The monoisotopic (exact) mass is 1040 g/mol. The van der Waals surface area contributed by atoms with Crippen molar-refractivity contribution in [3.8, 4) is 5.75 Å². The number of hydrogen-bond acceptors (Lipinski definition) is 12. The lowest BCUT2D eigenvalue weighted by Gasteiger charge is -2.46. The molecule has 2 bridgehead atoms. The molecule has 1 aromatic heterocycles. The Morgan fingerprint density at radius 3 is 2.07 bits per heavy atom. The zero-order chi connectivity index (χ0) is 55.4. The molecule has 3 fully saturated rings. The number of nitrogens with zero attached hydrogens (tertiary/aromatic N) is 5. The van der Waals surface area contributed by atoms with Crippen LogP contribution >= 0.6 is 0 Å². The Hall–Kier alpha value is -6.67. The van der Waals surface area contributed by atoms with Crippen LogP contribution in [0.4, 0.5) is 5.69 Å². The zero-order valence-corrected chi connectivity index (χ0v) is 45.1. The summed E-state index contributed by atoms with van der Waals surface area (Å²) in [5.41, 5.74) is 0.615. The third kappa shape index (κ3) is 13.1. The molecule has 3 saturated heterocycles. The number of Topliss-reactive ketones (excluding diaryl/α,β-unsaturated/α-hetero) is 1. The first-order chi connectivity index (χ1) is 35.3. The molecule has 0 spiro atoms. The third-order valence-electron chi connectivity index (χ3n) is 15.0. The van der Waals surface area contributed by atoms with Gasteiger partial charge in [0, 0.05) is 61.9 Å². The highest BCUT2D eigenvalue weighted by Gasteiger charge is 2.48. The molecular formula is C55H76N8O12. The van der Waals surface area contributed by atoms with Gasteiger partial charge in [-0.2, -0.15) is 0 Å². The summed E-state index contributed by atoms with van der Waals surface area (Å²) in [5, 5.41) is 43.3. The average Bonchev–Trinajstić information content (AvgIpc) is 4.16. The Labute approximate surface area is 438 Å². The Kier molecular flexibility index (Phi) is 18.4. The number of likely N-dealkylation sites (N-methyl/N-ethyl adjacent to an activating group) is 2. The summed E-state index contributed by atoms with van der Waals surface area (Å²) in [4.78, 5) is 118. The van der Waals surface area contributed by atoms with Crippen LogP contribution in [0, 0.1) is 33.8 Å². The average molecular weight is 1040 g/mol. The number of aromatic nitrogens is 1. The Bertz CT molecular complexity index is 2680. The number of carbonyl (C=O) groups excluding carboxylic acids is 7. The van der Waals surface area contributed by atoms with E-state index in [-0.39, 0.29) is 62.0 Å².